The van der Waals surface area contributed by atoms with Crippen LogP contribution in [-0.2, 0) is 15.1 Å². The number of carbonyl (C=O) groups is 1. The van der Waals surface area contributed by atoms with Crippen molar-refractivity contribution in [3.8, 4) is 5.75 Å². The summed E-state index contributed by atoms with van der Waals surface area (Å²) in [6.45, 7) is 12.7. The third-order valence-electron chi connectivity index (χ3n) is 7.65. The highest BCUT2D eigenvalue weighted by atomic mass is 32.1. The fourth-order valence-electron chi connectivity index (χ4n) is 4.62. The SMILES string of the molecule is CCCOC(C)(CC)C(=O)/C=C\c1ccc(OC(C)(CC)c2ccc3c(=O)c4ccccc4sc3c2)c(C)c1. The van der Waals surface area contributed by atoms with Crippen molar-refractivity contribution < 1.29 is 14.3 Å². The molecular formula is C34H38O4S. The monoisotopic (exact) mass is 542 g/mol. The Hall–Kier alpha value is -3.28. The fourth-order valence-corrected chi connectivity index (χ4v) is 5.73. The van der Waals surface area contributed by atoms with Crippen LogP contribution in [0.1, 0.15) is 70.6 Å². The number of hydrogen-bond donors (Lipinski definition) is 0. The Bertz CT molecular complexity index is 1580. The van der Waals surface area contributed by atoms with Crippen LogP contribution in [-0.4, -0.2) is 18.0 Å². The minimum Gasteiger partial charge on any atom is -0.483 e. The second-order valence-electron chi connectivity index (χ2n) is 10.5. The number of ether oxygens (including phenoxy) is 2. The van der Waals surface area contributed by atoms with E-state index in [1.165, 1.54) is 0 Å². The van der Waals surface area contributed by atoms with E-state index in [9.17, 15) is 9.59 Å². The Balaban J connectivity index is 1.59. The summed E-state index contributed by atoms with van der Waals surface area (Å²) in [6, 6.07) is 19.8. The van der Waals surface area contributed by atoms with Gasteiger partial charge in [0.25, 0.3) is 0 Å². The zero-order valence-electron chi connectivity index (χ0n) is 23.8. The van der Waals surface area contributed by atoms with Crippen molar-refractivity contribution in [2.75, 3.05) is 6.61 Å². The van der Waals surface area contributed by atoms with Gasteiger partial charge in [-0.3, -0.25) is 9.59 Å². The Morgan fingerprint density at radius 2 is 1.67 bits per heavy atom. The van der Waals surface area contributed by atoms with E-state index in [1.54, 1.807) is 17.4 Å². The van der Waals surface area contributed by atoms with E-state index < -0.39 is 11.2 Å². The molecule has 0 aliphatic rings. The first-order chi connectivity index (χ1) is 18.6. The lowest BCUT2D eigenvalue weighted by Gasteiger charge is -2.31. The summed E-state index contributed by atoms with van der Waals surface area (Å²) in [5.74, 6) is 0.765. The van der Waals surface area contributed by atoms with Crippen molar-refractivity contribution >= 4 is 43.4 Å². The van der Waals surface area contributed by atoms with Crippen molar-refractivity contribution in [3.05, 3.63) is 93.7 Å². The molecule has 5 heteroatoms. The zero-order chi connectivity index (χ0) is 28.2. The molecule has 1 heterocycles. The number of ketones is 1. The van der Waals surface area contributed by atoms with Crippen molar-refractivity contribution in [2.24, 2.45) is 0 Å². The predicted octanol–water partition coefficient (Wildman–Crippen LogP) is 8.60. The summed E-state index contributed by atoms with van der Waals surface area (Å²) in [5.41, 5.74) is 1.65. The van der Waals surface area contributed by atoms with Crippen LogP contribution in [0, 0.1) is 6.92 Å². The first kappa shape index (κ1) is 28.7. The zero-order valence-corrected chi connectivity index (χ0v) is 24.6. The molecule has 0 aliphatic heterocycles. The maximum absolute atomic E-state index is 13.0. The number of carbonyl (C=O) groups excluding carboxylic acids is 1. The molecule has 0 bridgehead atoms. The lowest BCUT2D eigenvalue weighted by atomic mass is 9.92. The summed E-state index contributed by atoms with van der Waals surface area (Å²) >= 11 is 1.63. The van der Waals surface area contributed by atoms with Gasteiger partial charge in [-0.05, 0) is 99.2 Å². The highest BCUT2D eigenvalue weighted by Crippen LogP contribution is 2.36. The van der Waals surface area contributed by atoms with Crippen LogP contribution in [0.15, 0.2) is 71.5 Å². The molecule has 4 rings (SSSR count). The first-order valence-corrected chi connectivity index (χ1v) is 14.6. The molecule has 0 spiro atoms. The molecule has 1 aromatic heterocycles. The molecule has 4 nitrogen and oxygen atoms in total. The molecule has 204 valence electrons. The summed E-state index contributed by atoms with van der Waals surface area (Å²) < 4.78 is 14.4. The normalized spacial score (nSPS) is 14.9. The van der Waals surface area contributed by atoms with E-state index in [4.69, 9.17) is 9.47 Å². The molecule has 2 unspecified atom stereocenters. The van der Waals surface area contributed by atoms with Crippen LogP contribution in [0.5, 0.6) is 5.75 Å². The predicted molar refractivity (Wildman–Crippen MR) is 164 cm³/mol. The molecule has 0 amide bonds. The Morgan fingerprint density at radius 3 is 2.36 bits per heavy atom. The van der Waals surface area contributed by atoms with Crippen LogP contribution in [0.3, 0.4) is 0 Å². The van der Waals surface area contributed by atoms with Gasteiger partial charge in [-0.25, -0.2) is 0 Å². The van der Waals surface area contributed by atoms with Crippen LogP contribution in [0.25, 0.3) is 26.2 Å². The van der Waals surface area contributed by atoms with E-state index in [0.717, 1.165) is 55.5 Å². The maximum Gasteiger partial charge on any atom is 0.195 e. The standard InChI is InChI=1S/C34H38O4S/c1-7-20-37-34(6,9-3)31(35)19-15-24-14-18-28(23(4)21-24)38-33(5,8-2)25-16-17-27-30(22-25)39-29-13-11-10-12-26(29)32(27)36/h10-19,21-22H,7-9,20H2,1-6H3/b19-15-. The van der Waals surface area contributed by atoms with Crippen molar-refractivity contribution in [1.29, 1.82) is 0 Å². The lowest BCUT2D eigenvalue weighted by molar-refractivity contribution is -0.137. The smallest absolute Gasteiger partial charge is 0.195 e. The van der Waals surface area contributed by atoms with Crippen LogP contribution in [0.4, 0.5) is 0 Å². The molecule has 0 saturated carbocycles. The number of fused-ring (bicyclic) bond motifs is 2. The second-order valence-corrected chi connectivity index (χ2v) is 11.6. The number of hydrogen-bond acceptors (Lipinski definition) is 5. The molecule has 0 fully saturated rings. The number of benzene rings is 3. The molecular weight excluding hydrogens is 504 g/mol. The van der Waals surface area contributed by atoms with Gasteiger partial charge in [0.2, 0.25) is 0 Å². The van der Waals surface area contributed by atoms with Gasteiger partial charge in [0.05, 0.1) is 0 Å². The van der Waals surface area contributed by atoms with E-state index in [1.807, 2.05) is 88.4 Å². The molecule has 0 saturated heterocycles. The van der Waals surface area contributed by atoms with Gasteiger partial charge in [0, 0.05) is 26.8 Å². The Kier molecular flexibility index (Phi) is 8.73. The number of aryl methyl sites for hydroxylation is 1. The van der Waals surface area contributed by atoms with Gasteiger partial charge in [-0.15, -0.1) is 11.3 Å². The Labute approximate surface area is 235 Å². The van der Waals surface area contributed by atoms with E-state index in [0.29, 0.717) is 13.0 Å². The summed E-state index contributed by atoms with van der Waals surface area (Å²) in [6.07, 6.45) is 5.72. The fraction of sp³-hybridized carbons (Fsp3) is 0.353. The van der Waals surface area contributed by atoms with Gasteiger partial charge < -0.3 is 9.47 Å². The van der Waals surface area contributed by atoms with E-state index in [2.05, 4.69) is 19.9 Å². The van der Waals surface area contributed by atoms with Crippen LogP contribution >= 0.6 is 11.3 Å². The highest BCUT2D eigenvalue weighted by Gasteiger charge is 2.30. The summed E-state index contributed by atoms with van der Waals surface area (Å²) in [7, 11) is 0. The summed E-state index contributed by atoms with van der Waals surface area (Å²) in [4.78, 5) is 25.9. The van der Waals surface area contributed by atoms with Gasteiger partial charge in [-0.1, -0.05) is 51.1 Å². The van der Waals surface area contributed by atoms with E-state index >= 15 is 0 Å². The molecule has 39 heavy (non-hydrogen) atoms. The third kappa shape index (κ3) is 6.00. The maximum atomic E-state index is 13.0. The number of rotatable bonds is 11. The van der Waals surface area contributed by atoms with Crippen molar-refractivity contribution in [3.63, 3.8) is 0 Å². The minimum absolute atomic E-state index is 0.0265. The van der Waals surface area contributed by atoms with Gasteiger partial charge in [0.1, 0.15) is 17.0 Å². The van der Waals surface area contributed by atoms with Crippen molar-refractivity contribution in [1.82, 2.24) is 0 Å². The van der Waals surface area contributed by atoms with Crippen LogP contribution < -0.4 is 10.2 Å². The molecule has 0 aliphatic carbocycles. The largest absolute Gasteiger partial charge is 0.483 e. The van der Waals surface area contributed by atoms with Gasteiger partial charge in [-0.2, -0.15) is 0 Å². The molecule has 3 aromatic carbocycles. The van der Waals surface area contributed by atoms with Gasteiger partial charge >= 0.3 is 0 Å². The lowest BCUT2D eigenvalue weighted by Crippen LogP contribution is -2.36. The topological polar surface area (TPSA) is 52.6 Å². The highest BCUT2D eigenvalue weighted by molar-refractivity contribution is 7.24. The molecule has 0 N–H and O–H groups in total. The Morgan fingerprint density at radius 1 is 0.923 bits per heavy atom. The van der Waals surface area contributed by atoms with Crippen molar-refractivity contribution in [2.45, 2.75) is 72.0 Å². The first-order valence-electron chi connectivity index (χ1n) is 13.8. The molecule has 0 radical (unpaired) electrons. The minimum atomic E-state index is -0.798. The third-order valence-corrected chi connectivity index (χ3v) is 8.78. The summed E-state index contributed by atoms with van der Waals surface area (Å²) in [5, 5.41) is 1.50. The molecule has 4 aromatic rings. The van der Waals surface area contributed by atoms with Crippen LogP contribution in [0.2, 0.25) is 0 Å². The second kappa shape index (κ2) is 11.8. The average molecular weight is 543 g/mol. The quantitative estimate of drug-likeness (QED) is 0.141. The van der Waals surface area contributed by atoms with Gasteiger partial charge in [0.15, 0.2) is 11.2 Å². The molecule has 2 atom stereocenters. The van der Waals surface area contributed by atoms with E-state index in [-0.39, 0.29) is 11.2 Å². The average Bonchev–Trinajstić information content (AvgIpc) is 2.95.